The molecule has 0 atom stereocenters. The van der Waals surface area contributed by atoms with E-state index in [0.717, 1.165) is 16.7 Å². The molecule has 4 rings (SSSR count). The third kappa shape index (κ3) is 3.98. The fourth-order valence-corrected chi connectivity index (χ4v) is 3.21. The third-order valence-corrected chi connectivity index (χ3v) is 4.74. The van der Waals surface area contributed by atoms with E-state index >= 15 is 0 Å². The van der Waals surface area contributed by atoms with E-state index in [0.29, 0.717) is 43.3 Å². The Morgan fingerprint density at radius 3 is 2.83 bits per heavy atom. The van der Waals surface area contributed by atoms with Crippen LogP contribution in [0.2, 0.25) is 0 Å². The summed E-state index contributed by atoms with van der Waals surface area (Å²) in [6.07, 6.45) is 2.76. The Labute approximate surface area is 167 Å². The van der Waals surface area contributed by atoms with Crippen LogP contribution in [-0.2, 0) is 17.8 Å². The lowest BCUT2D eigenvalue weighted by Crippen LogP contribution is -2.27. The first-order valence-corrected chi connectivity index (χ1v) is 9.33. The topological polar surface area (TPSA) is 95.6 Å². The number of hydrogen-bond donors (Lipinski definition) is 1. The Balaban J connectivity index is 1.31. The van der Waals surface area contributed by atoms with Gasteiger partial charge >= 0.3 is 0 Å². The second kappa shape index (κ2) is 8.17. The normalized spacial score (nSPS) is 11.1. The minimum atomic E-state index is -0.0391. The molecule has 0 unspecified atom stereocenters. The largest absolute Gasteiger partial charge is 0.497 e. The van der Waals surface area contributed by atoms with Crippen molar-refractivity contribution in [3.05, 3.63) is 48.4 Å². The van der Waals surface area contributed by atoms with E-state index in [2.05, 4.69) is 25.2 Å². The number of nitrogens with one attached hydrogen (secondary N) is 1. The number of carbonyl (C=O) groups is 1. The van der Waals surface area contributed by atoms with Gasteiger partial charge in [0.2, 0.25) is 11.8 Å². The molecule has 0 bridgehead atoms. The predicted molar refractivity (Wildman–Crippen MR) is 107 cm³/mol. The maximum atomic E-state index is 12.2. The molecule has 0 aliphatic carbocycles. The van der Waals surface area contributed by atoms with Crippen LogP contribution in [0.4, 0.5) is 0 Å². The molecule has 9 heteroatoms. The van der Waals surface area contributed by atoms with Gasteiger partial charge in [0.25, 0.3) is 0 Å². The van der Waals surface area contributed by atoms with Gasteiger partial charge in [0, 0.05) is 49.1 Å². The van der Waals surface area contributed by atoms with Crippen LogP contribution in [0, 0.1) is 0 Å². The van der Waals surface area contributed by atoms with E-state index in [1.807, 2.05) is 30.5 Å². The number of carbonyl (C=O) groups excluding carboxylic acids is 1. The molecule has 3 heterocycles. The summed E-state index contributed by atoms with van der Waals surface area (Å²) in [6.45, 7) is 1.23. The minimum absolute atomic E-state index is 0.0391. The van der Waals surface area contributed by atoms with Crippen molar-refractivity contribution in [2.24, 2.45) is 0 Å². The average molecular weight is 394 g/mol. The fraction of sp³-hybridized carbons (Fsp3) is 0.300. The predicted octanol–water partition coefficient (Wildman–Crippen LogP) is 1.85. The Kier molecular flexibility index (Phi) is 5.28. The third-order valence-electron chi connectivity index (χ3n) is 4.74. The molecule has 1 aromatic carbocycles. The number of hydrogen-bond acceptors (Lipinski definition) is 6. The summed E-state index contributed by atoms with van der Waals surface area (Å²) in [5, 5.41) is 16.5. The van der Waals surface area contributed by atoms with Gasteiger partial charge in [0.05, 0.1) is 14.2 Å². The summed E-state index contributed by atoms with van der Waals surface area (Å²) < 4.78 is 14.1. The number of aromatic nitrogens is 5. The molecule has 0 saturated carbocycles. The molecule has 0 aliphatic rings. The number of ether oxygens (including phenoxy) is 2. The Hall–Kier alpha value is -3.62. The van der Waals surface area contributed by atoms with Crippen molar-refractivity contribution < 1.29 is 14.3 Å². The average Bonchev–Trinajstić information content (AvgIpc) is 3.35. The van der Waals surface area contributed by atoms with Gasteiger partial charge in [-0.3, -0.25) is 4.79 Å². The van der Waals surface area contributed by atoms with Crippen LogP contribution < -0.4 is 14.8 Å². The lowest BCUT2D eigenvalue weighted by Gasteiger charge is -2.08. The molecule has 29 heavy (non-hydrogen) atoms. The number of fused-ring (bicyclic) bond motifs is 2. The Morgan fingerprint density at radius 1 is 1.10 bits per heavy atom. The summed E-state index contributed by atoms with van der Waals surface area (Å²) >= 11 is 0. The zero-order valence-corrected chi connectivity index (χ0v) is 16.3. The van der Waals surface area contributed by atoms with Gasteiger partial charge in [-0.15, -0.1) is 15.3 Å². The van der Waals surface area contributed by atoms with Gasteiger partial charge in [-0.05, 0) is 30.3 Å². The number of benzene rings is 1. The van der Waals surface area contributed by atoms with Crippen LogP contribution in [0.5, 0.6) is 11.6 Å². The summed E-state index contributed by atoms with van der Waals surface area (Å²) in [5.41, 5.74) is 1.73. The molecular formula is C20H22N6O3. The van der Waals surface area contributed by atoms with Crippen molar-refractivity contribution in [3.8, 4) is 11.6 Å². The first-order valence-electron chi connectivity index (χ1n) is 9.33. The zero-order valence-electron chi connectivity index (χ0n) is 16.3. The molecule has 0 radical (unpaired) electrons. The van der Waals surface area contributed by atoms with Crippen LogP contribution >= 0.6 is 0 Å². The molecule has 1 N–H and O–H groups in total. The van der Waals surface area contributed by atoms with Crippen molar-refractivity contribution in [1.29, 1.82) is 0 Å². The van der Waals surface area contributed by atoms with E-state index in [4.69, 9.17) is 9.47 Å². The lowest BCUT2D eigenvalue weighted by molar-refractivity contribution is -0.121. The fourth-order valence-electron chi connectivity index (χ4n) is 3.21. The van der Waals surface area contributed by atoms with Crippen LogP contribution in [-0.4, -0.2) is 51.1 Å². The second-order valence-electron chi connectivity index (χ2n) is 6.55. The molecule has 9 nitrogen and oxygen atoms in total. The first-order chi connectivity index (χ1) is 14.2. The molecular weight excluding hydrogens is 372 g/mol. The lowest BCUT2D eigenvalue weighted by atomic mass is 10.2. The second-order valence-corrected chi connectivity index (χ2v) is 6.55. The maximum absolute atomic E-state index is 12.2. The number of methoxy groups -OCH3 is 2. The summed E-state index contributed by atoms with van der Waals surface area (Å²) in [6, 6.07) is 11.5. The molecule has 3 aromatic heterocycles. The number of rotatable bonds is 8. The quantitative estimate of drug-likeness (QED) is 0.490. The highest BCUT2D eigenvalue weighted by molar-refractivity contribution is 5.81. The van der Waals surface area contributed by atoms with Gasteiger partial charge in [-0.25, -0.2) is 0 Å². The Bertz CT molecular complexity index is 1150. The maximum Gasteiger partial charge on any atom is 0.231 e. The molecule has 0 aliphatic heterocycles. The highest BCUT2D eigenvalue weighted by atomic mass is 16.5. The van der Waals surface area contributed by atoms with Crippen molar-refractivity contribution in [3.63, 3.8) is 0 Å². The first kappa shape index (κ1) is 18.7. The van der Waals surface area contributed by atoms with Crippen molar-refractivity contribution in [2.45, 2.75) is 19.4 Å². The number of nitrogens with zero attached hydrogens (tertiary/aromatic N) is 5. The Morgan fingerprint density at radius 2 is 2.00 bits per heavy atom. The smallest absolute Gasteiger partial charge is 0.231 e. The zero-order chi connectivity index (χ0) is 20.2. The van der Waals surface area contributed by atoms with Gasteiger partial charge in [0.1, 0.15) is 5.75 Å². The van der Waals surface area contributed by atoms with Crippen molar-refractivity contribution in [1.82, 2.24) is 29.7 Å². The molecule has 1 amide bonds. The molecule has 0 saturated heterocycles. The van der Waals surface area contributed by atoms with Crippen molar-refractivity contribution in [2.75, 3.05) is 20.8 Å². The van der Waals surface area contributed by atoms with Crippen LogP contribution in [0.25, 0.3) is 16.6 Å². The molecule has 0 fully saturated rings. The van der Waals surface area contributed by atoms with E-state index in [1.54, 1.807) is 30.9 Å². The summed E-state index contributed by atoms with van der Waals surface area (Å²) in [4.78, 5) is 12.2. The molecule has 4 aromatic rings. The van der Waals surface area contributed by atoms with Crippen LogP contribution in [0.15, 0.2) is 42.6 Å². The van der Waals surface area contributed by atoms with Crippen LogP contribution in [0.1, 0.15) is 12.2 Å². The highest BCUT2D eigenvalue weighted by Crippen LogP contribution is 2.21. The van der Waals surface area contributed by atoms with E-state index in [9.17, 15) is 4.79 Å². The van der Waals surface area contributed by atoms with Gasteiger partial charge in [-0.2, -0.15) is 4.52 Å². The van der Waals surface area contributed by atoms with Gasteiger partial charge < -0.3 is 19.4 Å². The van der Waals surface area contributed by atoms with E-state index in [-0.39, 0.29) is 5.91 Å². The van der Waals surface area contributed by atoms with Gasteiger partial charge in [0.15, 0.2) is 11.5 Å². The SMILES string of the molecule is COc1ccc2c(ccn2CCNC(=O)CCc2nnc3ccc(OC)nn23)c1. The van der Waals surface area contributed by atoms with E-state index in [1.165, 1.54) is 0 Å². The summed E-state index contributed by atoms with van der Waals surface area (Å²) in [7, 11) is 3.21. The minimum Gasteiger partial charge on any atom is -0.497 e. The monoisotopic (exact) mass is 394 g/mol. The standard InChI is InChI=1S/C20H22N6O3/c1-28-15-3-4-16-14(13-15)9-11-25(16)12-10-21-19(27)7-5-17-22-23-18-6-8-20(29-2)24-26(17)18/h3-4,6,8-9,11,13H,5,7,10,12H2,1-2H3,(H,21,27). The van der Waals surface area contributed by atoms with E-state index < -0.39 is 0 Å². The highest BCUT2D eigenvalue weighted by Gasteiger charge is 2.10. The molecule has 0 spiro atoms. The number of amides is 1. The van der Waals surface area contributed by atoms with Gasteiger partial charge in [-0.1, -0.05) is 0 Å². The van der Waals surface area contributed by atoms with Crippen molar-refractivity contribution >= 4 is 22.5 Å². The summed E-state index contributed by atoms with van der Waals surface area (Å²) in [5.74, 6) is 1.89. The molecule has 150 valence electrons. The van der Waals surface area contributed by atoms with Crippen LogP contribution in [0.3, 0.4) is 0 Å². The number of aryl methyl sites for hydroxylation is 1.